The highest BCUT2D eigenvalue weighted by Gasteiger charge is 2.43. The standard InChI is InChI=1S/C20H17ClF3N5O4S2/c1-29(33-19(30)20(22,23)24)35(31,32)14-7-8-16(34-2)15(9-14)28-18-10-17(25-11-26-18)27-13-5-3-12(21)4-6-13/h3-11H,1-2H3,(H2,25,26,27,28). The number of thioether (sulfide) groups is 1. The van der Waals surface area contributed by atoms with Crippen molar-refractivity contribution in [1.82, 2.24) is 14.4 Å². The Balaban J connectivity index is 1.85. The fraction of sp³-hybridized carbons (Fsp3) is 0.150. The van der Waals surface area contributed by atoms with Crippen molar-refractivity contribution in [2.75, 3.05) is 23.9 Å². The van der Waals surface area contributed by atoms with Gasteiger partial charge in [-0.25, -0.2) is 23.2 Å². The van der Waals surface area contributed by atoms with Gasteiger partial charge in [0, 0.05) is 28.7 Å². The maximum Gasteiger partial charge on any atom is 0.492 e. The molecule has 3 rings (SSSR count). The van der Waals surface area contributed by atoms with E-state index < -0.39 is 27.1 Å². The average Bonchev–Trinajstić information content (AvgIpc) is 2.80. The molecule has 2 aromatic carbocycles. The van der Waals surface area contributed by atoms with E-state index in [1.54, 1.807) is 36.6 Å². The predicted molar refractivity (Wildman–Crippen MR) is 125 cm³/mol. The molecule has 0 aliphatic heterocycles. The summed E-state index contributed by atoms with van der Waals surface area (Å²) in [6.45, 7) is 0. The van der Waals surface area contributed by atoms with Crippen LogP contribution in [0.2, 0.25) is 5.02 Å². The van der Waals surface area contributed by atoms with Crippen LogP contribution in [0.5, 0.6) is 0 Å². The molecule has 0 saturated carbocycles. The highest BCUT2D eigenvalue weighted by Crippen LogP contribution is 2.32. The molecule has 0 spiro atoms. The number of carbonyl (C=O) groups excluding carboxylic acids is 1. The summed E-state index contributed by atoms with van der Waals surface area (Å²) in [5, 5.41) is 6.61. The van der Waals surface area contributed by atoms with Gasteiger partial charge in [-0.15, -0.1) is 11.8 Å². The molecule has 0 atom stereocenters. The quantitative estimate of drug-likeness (QED) is 0.298. The first-order valence-electron chi connectivity index (χ1n) is 9.48. The molecule has 0 aliphatic rings. The summed E-state index contributed by atoms with van der Waals surface area (Å²) in [7, 11) is -3.91. The van der Waals surface area contributed by atoms with E-state index in [-0.39, 0.29) is 4.47 Å². The largest absolute Gasteiger partial charge is 0.492 e. The number of hydroxylamine groups is 1. The Labute approximate surface area is 207 Å². The molecule has 186 valence electrons. The second kappa shape index (κ2) is 10.7. The van der Waals surface area contributed by atoms with Gasteiger partial charge in [0.1, 0.15) is 18.0 Å². The SMILES string of the molecule is CSc1ccc(S(=O)(=O)N(C)OC(=O)C(F)(F)F)cc1Nc1cc(Nc2ccc(Cl)cc2)ncn1. The number of aromatic nitrogens is 2. The molecule has 35 heavy (non-hydrogen) atoms. The lowest BCUT2D eigenvalue weighted by Gasteiger charge is -2.18. The number of benzene rings is 2. The monoisotopic (exact) mass is 547 g/mol. The van der Waals surface area contributed by atoms with E-state index in [4.69, 9.17) is 11.6 Å². The first kappa shape index (κ1) is 26.5. The number of nitrogens with zero attached hydrogens (tertiary/aromatic N) is 3. The Bertz CT molecular complexity index is 1330. The zero-order valence-corrected chi connectivity index (χ0v) is 20.4. The molecule has 0 saturated heterocycles. The van der Waals surface area contributed by atoms with Crippen LogP contribution in [0.25, 0.3) is 0 Å². The van der Waals surface area contributed by atoms with E-state index in [2.05, 4.69) is 25.4 Å². The molecule has 1 heterocycles. The third kappa shape index (κ3) is 6.75. The zero-order valence-electron chi connectivity index (χ0n) is 18.0. The third-order valence-electron chi connectivity index (χ3n) is 4.30. The van der Waals surface area contributed by atoms with Gasteiger partial charge < -0.3 is 15.5 Å². The number of hydrogen-bond acceptors (Lipinski definition) is 9. The maximum absolute atomic E-state index is 12.7. The topological polar surface area (TPSA) is 114 Å². The smallest absolute Gasteiger partial charge is 0.345 e. The van der Waals surface area contributed by atoms with Crippen LogP contribution in [-0.2, 0) is 19.7 Å². The van der Waals surface area contributed by atoms with Crippen LogP contribution in [0.3, 0.4) is 0 Å². The maximum atomic E-state index is 12.7. The predicted octanol–water partition coefficient (Wildman–Crippen LogP) is 4.98. The Morgan fingerprint density at radius 3 is 2.29 bits per heavy atom. The summed E-state index contributed by atoms with van der Waals surface area (Å²) in [4.78, 5) is 23.4. The minimum absolute atomic E-state index is 0.139. The van der Waals surface area contributed by atoms with E-state index in [1.165, 1.54) is 36.3 Å². The van der Waals surface area contributed by atoms with Crippen molar-refractivity contribution >= 4 is 62.4 Å². The van der Waals surface area contributed by atoms with Gasteiger partial charge in [-0.1, -0.05) is 11.6 Å². The van der Waals surface area contributed by atoms with E-state index in [0.29, 0.717) is 40.0 Å². The summed E-state index contributed by atoms with van der Waals surface area (Å²) >= 11 is 7.17. The number of alkyl halides is 3. The number of halogens is 4. The lowest BCUT2D eigenvalue weighted by Crippen LogP contribution is -2.36. The molecular formula is C20H17ClF3N5O4S2. The number of sulfonamides is 1. The van der Waals surface area contributed by atoms with Crippen LogP contribution < -0.4 is 10.6 Å². The van der Waals surface area contributed by atoms with Gasteiger partial charge in [-0.2, -0.15) is 13.2 Å². The van der Waals surface area contributed by atoms with Crippen molar-refractivity contribution < 1.29 is 31.2 Å². The van der Waals surface area contributed by atoms with Gasteiger partial charge in [0.15, 0.2) is 0 Å². The normalized spacial score (nSPS) is 11.9. The van der Waals surface area contributed by atoms with Crippen molar-refractivity contribution in [3.8, 4) is 0 Å². The molecule has 0 radical (unpaired) electrons. The summed E-state index contributed by atoms with van der Waals surface area (Å²) < 4.78 is 62.6. The molecule has 0 amide bonds. The Kier molecular flexibility index (Phi) is 8.10. The molecular weight excluding hydrogens is 531 g/mol. The minimum atomic E-state index is -5.36. The molecule has 0 bridgehead atoms. The fourth-order valence-corrected chi connectivity index (χ4v) is 4.25. The van der Waals surface area contributed by atoms with Gasteiger partial charge in [-0.3, -0.25) is 0 Å². The molecule has 0 fully saturated rings. The van der Waals surface area contributed by atoms with Gasteiger partial charge in [0.25, 0.3) is 10.0 Å². The van der Waals surface area contributed by atoms with E-state index in [9.17, 15) is 26.4 Å². The van der Waals surface area contributed by atoms with Crippen molar-refractivity contribution in [3.63, 3.8) is 0 Å². The van der Waals surface area contributed by atoms with Gasteiger partial charge in [-0.05, 0) is 53.2 Å². The second-order valence-corrected chi connectivity index (χ2v) is 9.92. The fourth-order valence-electron chi connectivity index (χ4n) is 2.62. The number of anilines is 4. The van der Waals surface area contributed by atoms with Gasteiger partial charge in [0.05, 0.1) is 10.6 Å². The first-order chi connectivity index (χ1) is 16.4. The van der Waals surface area contributed by atoms with E-state index >= 15 is 0 Å². The van der Waals surface area contributed by atoms with Crippen molar-refractivity contribution in [2.24, 2.45) is 0 Å². The van der Waals surface area contributed by atoms with Crippen LogP contribution in [0.15, 0.2) is 64.6 Å². The summed E-state index contributed by atoms with van der Waals surface area (Å²) in [6, 6.07) is 12.3. The van der Waals surface area contributed by atoms with Crippen molar-refractivity contribution in [1.29, 1.82) is 0 Å². The van der Waals surface area contributed by atoms with Crippen LogP contribution in [0, 0.1) is 0 Å². The number of rotatable bonds is 8. The minimum Gasteiger partial charge on any atom is -0.345 e. The van der Waals surface area contributed by atoms with Crippen LogP contribution in [-0.4, -0.2) is 48.3 Å². The second-order valence-electron chi connectivity index (χ2n) is 6.70. The zero-order chi connectivity index (χ0) is 25.8. The van der Waals surface area contributed by atoms with Crippen LogP contribution in [0.4, 0.5) is 36.2 Å². The van der Waals surface area contributed by atoms with E-state index in [0.717, 1.165) is 0 Å². The molecule has 2 N–H and O–H groups in total. The number of nitrogens with one attached hydrogen (secondary N) is 2. The lowest BCUT2D eigenvalue weighted by molar-refractivity contribution is -0.219. The molecule has 3 aromatic rings. The first-order valence-corrected chi connectivity index (χ1v) is 12.5. The lowest BCUT2D eigenvalue weighted by atomic mass is 10.3. The highest BCUT2D eigenvalue weighted by molar-refractivity contribution is 7.98. The third-order valence-corrected chi connectivity index (χ3v) is 6.95. The van der Waals surface area contributed by atoms with Crippen molar-refractivity contribution in [2.45, 2.75) is 16.0 Å². The molecule has 1 aromatic heterocycles. The molecule has 0 unspecified atom stereocenters. The number of hydrogen-bond donors (Lipinski definition) is 2. The molecule has 9 nitrogen and oxygen atoms in total. The van der Waals surface area contributed by atoms with Gasteiger partial charge in [0.2, 0.25) is 0 Å². The average molecular weight is 548 g/mol. The van der Waals surface area contributed by atoms with Crippen LogP contribution >= 0.6 is 23.4 Å². The molecule has 0 aliphatic carbocycles. The summed E-state index contributed by atoms with van der Waals surface area (Å²) in [6.07, 6.45) is -2.33. The van der Waals surface area contributed by atoms with Crippen molar-refractivity contribution in [3.05, 3.63) is 59.9 Å². The van der Waals surface area contributed by atoms with Crippen LogP contribution in [0.1, 0.15) is 0 Å². The number of carbonyl (C=O) groups is 1. The summed E-state index contributed by atoms with van der Waals surface area (Å²) in [5.74, 6) is -1.93. The Morgan fingerprint density at radius 1 is 1.06 bits per heavy atom. The summed E-state index contributed by atoms with van der Waals surface area (Å²) in [5.41, 5.74) is 1.01. The Hall–Kier alpha value is -3.07. The Morgan fingerprint density at radius 2 is 1.69 bits per heavy atom. The highest BCUT2D eigenvalue weighted by atomic mass is 35.5. The van der Waals surface area contributed by atoms with E-state index in [1.807, 2.05) is 0 Å². The molecule has 15 heteroatoms. The van der Waals surface area contributed by atoms with Gasteiger partial charge >= 0.3 is 12.1 Å².